The number of fused-ring (bicyclic) bond motifs is 1. The third kappa shape index (κ3) is 4.72. The van der Waals surface area contributed by atoms with Crippen molar-refractivity contribution in [2.45, 2.75) is 29.2 Å². The van der Waals surface area contributed by atoms with Gasteiger partial charge in [-0.05, 0) is 44.2 Å². The largest absolute Gasteiger partial charge is 0.431 e. The Balaban J connectivity index is 1.74. The highest BCUT2D eigenvalue weighted by molar-refractivity contribution is 8.00. The Bertz CT molecular complexity index is 1220. The molecule has 1 aromatic heterocycles. The van der Waals surface area contributed by atoms with Crippen LogP contribution in [0.1, 0.15) is 24.2 Å². The smallest absolute Gasteiger partial charge is 0.257 e. The molecule has 3 aromatic rings. The summed E-state index contributed by atoms with van der Waals surface area (Å²) < 4.78 is 31.3. The fourth-order valence-electron chi connectivity index (χ4n) is 2.57. The number of amides is 1. The van der Waals surface area contributed by atoms with Crippen molar-refractivity contribution in [1.82, 2.24) is 9.29 Å². The molecule has 0 unspecified atom stereocenters. The van der Waals surface area contributed by atoms with Crippen molar-refractivity contribution in [3.8, 4) is 0 Å². The average Bonchev–Trinajstić information content (AvgIpc) is 3.09. The lowest BCUT2D eigenvalue weighted by atomic mass is 10.1. The van der Waals surface area contributed by atoms with Crippen LogP contribution in [0, 0.1) is 0 Å². The number of aromatic nitrogens is 1. The number of sulfonamides is 1. The molecule has 0 spiro atoms. The molecule has 0 aliphatic carbocycles. The topological polar surface area (TPSA) is 110 Å². The van der Waals surface area contributed by atoms with Crippen LogP contribution >= 0.6 is 11.8 Å². The van der Waals surface area contributed by atoms with Gasteiger partial charge in [0.15, 0.2) is 11.4 Å². The third-order valence-electron chi connectivity index (χ3n) is 4.30. The molecule has 2 aromatic carbocycles. The highest BCUT2D eigenvalue weighted by Crippen LogP contribution is 2.29. The van der Waals surface area contributed by atoms with Crippen molar-refractivity contribution in [3.05, 3.63) is 48.0 Å². The maximum absolute atomic E-state index is 12.5. The number of anilines is 1. The van der Waals surface area contributed by atoms with Crippen LogP contribution in [-0.2, 0) is 14.8 Å². The number of carbonyl (C=O) groups is 2. The van der Waals surface area contributed by atoms with E-state index in [4.69, 9.17) is 4.42 Å². The van der Waals surface area contributed by atoms with Gasteiger partial charge in [-0.3, -0.25) is 9.59 Å². The van der Waals surface area contributed by atoms with Crippen LogP contribution in [0.3, 0.4) is 0 Å². The number of rotatable bonds is 7. The van der Waals surface area contributed by atoms with Crippen molar-refractivity contribution in [1.29, 1.82) is 0 Å². The molecule has 158 valence electrons. The molecule has 1 N–H and O–H groups in total. The molecule has 1 heterocycles. The van der Waals surface area contributed by atoms with Crippen LogP contribution in [0.5, 0.6) is 0 Å². The second-order valence-electron chi connectivity index (χ2n) is 6.78. The molecule has 0 radical (unpaired) electrons. The van der Waals surface area contributed by atoms with Crippen LogP contribution < -0.4 is 5.32 Å². The van der Waals surface area contributed by atoms with E-state index in [1.54, 1.807) is 37.3 Å². The summed E-state index contributed by atoms with van der Waals surface area (Å²) in [6.07, 6.45) is 0. The van der Waals surface area contributed by atoms with E-state index in [2.05, 4.69) is 10.3 Å². The Morgan fingerprint density at radius 3 is 2.57 bits per heavy atom. The van der Waals surface area contributed by atoms with Gasteiger partial charge in [-0.2, -0.15) is 0 Å². The Labute approximate surface area is 178 Å². The number of hydrogen-bond acceptors (Lipinski definition) is 7. The second-order valence-corrected chi connectivity index (χ2v) is 10.2. The van der Waals surface area contributed by atoms with Crippen molar-refractivity contribution in [3.63, 3.8) is 0 Å². The van der Waals surface area contributed by atoms with Crippen LogP contribution in [-0.4, -0.2) is 48.7 Å². The summed E-state index contributed by atoms with van der Waals surface area (Å²) in [4.78, 5) is 28.4. The van der Waals surface area contributed by atoms with Gasteiger partial charge in [0.25, 0.3) is 5.22 Å². The summed E-state index contributed by atoms with van der Waals surface area (Å²) in [7, 11) is -0.674. The number of Topliss-reactive ketones (excluding diaryl/α,β-unsaturated/α-hetero) is 1. The number of nitrogens with zero attached hydrogens (tertiary/aromatic N) is 2. The maximum Gasteiger partial charge on any atom is 0.257 e. The lowest BCUT2D eigenvalue weighted by Crippen LogP contribution is -2.22. The monoisotopic (exact) mass is 447 g/mol. The van der Waals surface area contributed by atoms with Crippen molar-refractivity contribution >= 4 is 50.3 Å². The normalized spacial score (nSPS) is 12.8. The number of benzene rings is 2. The lowest BCUT2D eigenvalue weighted by molar-refractivity contribution is -0.115. The van der Waals surface area contributed by atoms with Crippen molar-refractivity contribution in [2.75, 3.05) is 19.4 Å². The Kier molecular flexibility index (Phi) is 6.30. The molecule has 0 fully saturated rings. The minimum Gasteiger partial charge on any atom is -0.431 e. The molecule has 30 heavy (non-hydrogen) atoms. The molecular formula is C20H21N3O5S2. The molecule has 0 aliphatic heterocycles. The predicted molar refractivity (Wildman–Crippen MR) is 115 cm³/mol. The van der Waals surface area contributed by atoms with Gasteiger partial charge in [-0.25, -0.2) is 17.7 Å². The summed E-state index contributed by atoms with van der Waals surface area (Å²) in [5.74, 6) is -0.366. The molecule has 3 rings (SSSR count). The van der Waals surface area contributed by atoms with E-state index < -0.39 is 15.3 Å². The number of carbonyl (C=O) groups excluding carboxylic acids is 2. The predicted octanol–water partition coefficient (Wildman–Crippen LogP) is 3.40. The number of hydrogen-bond donors (Lipinski definition) is 1. The molecular weight excluding hydrogens is 426 g/mol. The standard InChI is InChI=1S/C20H21N3O5S2/c1-12(24)14-6-5-7-15(10-14)21-19(25)13(2)29-20-22-17-11-16(8-9-18(17)28-20)30(26,27)23(3)4/h5-11,13H,1-4H3,(H,21,25)/t13-/m1/s1. The lowest BCUT2D eigenvalue weighted by Gasteiger charge is -2.10. The van der Waals surface area contributed by atoms with Gasteiger partial charge >= 0.3 is 0 Å². The van der Waals surface area contributed by atoms with E-state index in [0.29, 0.717) is 22.4 Å². The minimum atomic E-state index is -3.58. The molecule has 0 bridgehead atoms. The molecule has 10 heteroatoms. The maximum atomic E-state index is 12.5. The van der Waals surface area contributed by atoms with E-state index >= 15 is 0 Å². The zero-order valence-corrected chi connectivity index (χ0v) is 18.5. The van der Waals surface area contributed by atoms with Gasteiger partial charge in [0, 0.05) is 25.3 Å². The first kappa shape index (κ1) is 22.0. The van der Waals surface area contributed by atoms with Crippen LogP contribution in [0.2, 0.25) is 0 Å². The number of ketones is 1. The quantitative estimate of drug-likeness (QED) is 0.437. The first-order valence-corrected chi connectivity index (χ1v) is 11.3. The van der Waals surface area contributed by atoms with Crippen LogP contribution in [0.25, 0.3) is 11.1 Å². The minimum absolute atomic E-state index is 0.0874. The van der Waals surface area contributed by atoms with Gasteiger partial charge in [0.2, 0.25) is 15.9 Å². The molecule has 0 aliphatic rings. The highest BCUT2D eigenvalue weighted by atomic mass is 32.2. The highest BCUT2D eigenvalue weighted by Gasteiger charge is 2.21. The van der Waals surface area contributed by atoms with E-state index in [0.717, 1.165) is 16.1 Å². The van der Waals surface area contributed by atoms with E-state index in [-0.39, 0.29) is 21.8 Å². The zero-order valence-electron chi connectivity index (χ0n) is 16.9. The molecule has 0 saturated heterocycles. The Hall–Kier alpha value is -2.69. The third-order valence-corrected chi connectivity index (χ3v) is 7.06. The molecule has 1 amide bonds. The van der Waals surface area contributed by atoms with Gasteiger partial charge in [-0.15, -0.1) is 0 Å². The first-order valence-electron chi connectivity index (χ1n) is 8.99. The average molecular weight is 448 g/mol. The Morgan fingerprint density at radius 2 is 1.90 bits per heavy atom. The van der Waals surface area contributed by atoms with E-state index in [1.165, 1.54) is 33.2 Å². The molecule has 0 saturated carbocycles. The van der Waals surface area contributed by atoms with Gasteiger partial charge < -0.3 is 9.73 Å². The zero-order chi connectivity index (χ0) is 22.1. The first-order chi connectivity index (χ1) is 14.1. The van der Waals surface area contributed by atoms with Crippen molar-refractivity contribution < 1.29 is 22.4 Å². The van der Waals surface area contributed by atoms with Crippen molar-refractivity contribution in [2.24, 2.45) is 0 Å². The summed E-state index contributed by atoms with van der Waals surface area (Å²) in [6.45, 7) is 3.16. The summed E-state index contributed by atoms with van der Waals surface area (Å²) in [5, 5.41) is 2.48. The number of oxazole rings is 1. The second kappa shape index (κ2) is 8.58. The molecule has 1 atom stereocenters. The summed E-state index contributed by atoms with van der Waals surface area (Å²) in [5.41, 5.74) is 1.85. The van der Waals surface area contributed by atoms with Gasteiger partial charge in [-0.1, -0.05) is 23.9 Å². The van der Waals surface area contributed by atoms with Gasteiger partial charge in [0.05, 0.1) is 10.1 Å². The fourth-order valence-corrected chi connectivity index (χ4v) is 4.25. The fraction of sp³-hybridized carbons (Fsp3) is 0.250. The van der Waals surface area contributed by atoms with Crippen LogP contribution in [0.15, 0.2) is 57.0 Å². The number of thioether (sulfide) groups is 1. The SMILES string of the molecule is CC(=O)c1cccc(NC(=O)[C@@H](C)Sc2nc3cc(S(=O)(=O)N(C)C)ccc3o2)c1. The van der Waals surface area contributed by atoms with E-state index in [9.17, 15) is 18.0 Å². The number of nitrogens with one attached hydrogen (secondary N) is 1. The van der Waals surface area contributed by atoms with Crippen LogP contribution in [0.4, 0.5) is 5.69 Å². The Morgan fingerprint density at radius 1 is 1.17 bits per heavy atom. The molecule has 8 nitrogen and oxygen atoms in total. The van der Waals surface area contributed by atoms with Gasteiger partial charge in [0.1, 0.15) is 5.52 Å². The summed E-state index contributed by atoms with van der Waals surface area (Å²) >= 11 is 1.11. The van der Waals surface area contributed by atoms with E-state index in [1.807, 2.05) is 0 Å². The summed E-state index contributed by atoms with van der Waals surface area (Å²) in [6, 6.07) is 11.1.